The molecule has 0 heterocycles. The van der Waals surface area contributed by atoms with Gasteiger partial charge in [-0.2, -0.15) is 0 Å². The van der Waals surface area contributed by atoms with E-state index in [1.54, 1.807) is 18.2 Å². The zero-order valence-corrected chi connectivity index (χ0v) is 13.5. The monoisotopic (exact) mass is 298 g/mol. The Bertz CT molecular complexity index is 500. The maximum absolute atomic E-state index is 12.4. The maximum Gasteiger partial charge on any atom is 0.242 e. The van der Waals surface area contributed by atoms with E-state index in [4.69, 9.17) is 0 Å². The molecule has 0 aliphatic heterocycles. The lowest BCUT2D eigenvalue weighted by atomic mass is 10.2. The van der Waals surface area contributed by atoms with Gasteiger partial charge < -0.3 is 5.32 Å². The molecule has 4 nitrogen and oxygen atoms in total. The smallest absolute Gasteiger partial charge is 0.242 e. The third kappa shape index (κ3) is 5.13. The van der Waals surface area contributed by atoms with Crippen molar-refractivity contribution in [1.82, 2.24) is 4.72 Å². The first-order chi connectivity index (χ1) is 9.51. The van der Waals surface area contributed by atoms with Gasteiger partial charge in [0.25, 0.3) is 0 Å². The Balaban J connectivity index is 2.86. The van der Waals surface area contributed by atoms with E-state index in [9.17, 15) is 8.42 Å². The largest absolute Gasteiger partial charge is 0.384 e. The van der Waals surface area contributed by atoms with Crippen LogP contribution >= 0.6 is 0 Å². The van der Waals surface area contributed by atoms with Crippen molar-refractivity contribution < 1.29 is 8.42 Å². The number of anilines is 1. The number of nitrogens with one attached hydrogen (secondary N) is 2. The Morgan fingerprint density at radius 2 is 1.85 bits per heavy atom. The van der Waals surface area contributed by atoms with Crippen molar-refractivity contribution >= 4 is 15.7 Å². The second-order valence-corrected chi connectivity index (χ2v) is 6.77. The molecule has 0 saturated heterocycles. The fourth-order valence-electron chi connectivity index (χ4n) is 2.00. The standard InChI is InChI=1S/C15H26N2O2S/c1-4-6-9-13(3)17-20(18,19)15-11-8-7-10-14(15)16-12-5-2/h7-8,10-11,13,16-17H,4-6,9,12H2,1-3H3. The van der Waals surface area contributed by atoms with Crippen LogP contribution in [-0.2, 0) is 10.0 Å². The van der Waals surface area contributed by atoms with Crippen molar-refractivity contribution in [3.8, 4) is 0 Å². The van der Waals surface area contributed by atoms with Crippen molar-refractivity contribution in [2.45, 2.75) is 57.4 Å². The van der Waals surface area contributed by atoms with Crippen LogP contribution < -0.4 is 10.0 Å². The molecule has 0 bridgehead atoms. The molecule has 0 amide bonds. The minimum atomic E-state index is -3.46. The molecule has 1 atom stereocenters. The van der Waals surface area contributed by atoms with Crippen LogP contribution in [0.1, 0.15) is 46.5 Å². The normalized spacial score (nSPS) is 13.2. The molecule has 114 valence electrons. The van der Waals surface area contributed by atoms with Crippen LogP contribution in [0.3, 0.4) is 0 Å². The Kier molecular flexibility index (Phi) is 7.02. The molecule has 0 aliphatic carbocycles. The van der Waals surface area contributed by atoms with E-state index in [2.05, 4.69) is 23.9 Å². The molecule has 2 N–H and O–H groups in total. The third-order valence-electron chi connectivity index (χ3n) is 3.09. The predicted octanol–water partition coefficient (Wildman–Crippen LogP) is 3.37. The highest BCUT2D eigenvalue weighted by Gasteiger charge is 2.20. The van der Waals surface area contributed by atoms with Crippen molar-refractivity contribution in [2.24, 2.45) is 0 Å². The molecular weight excluding hydrogens is 272 g/mol. The second-order valence-electron chi connectivity index (χ2n) is 5.09. The zero-order chi connectivity index (χ0) is 15.0. The fraction of sp³-hybridized carbons (Fsp3) is 0.600. The molecule has 1 unspecified atom stereocenters. The van der Waals surface area contributed by atoms with Gasteiger partial charge in [-0.25, -0.2) is 13.1 Å². The maximum atomic E-state index is 12.4. The number of unbranched alkanes of at least 4 members (excludes halogenated alkanes) is 1. The highest BCUT2D eigenvalue weighted by Crippen LogP contribution is 2.21. The summed E-state index contributed by atoms with van der Waals surface area (Å²) in [6, 6.07) is 7.01. The molecule has 0 spiro atoms. The van der Waals surface area contributed by atoms with E-state index in [1.165, 1.54) is 0 Å². The summed E-state index contributed by atoms with van der Waals surface area (Å²) in [5.74, 6) is 0. The van der Waals surface area contributed by atoms with Gasteiger partial charge in [0.05, 0.1) is 5.69 Å². The molecule has 1 aromatic carbocycles. The van der Waals surface area contributed by atoms with Crippen molar-refractivity contribution in [2.75, 3.05) is 11.9 Å². The van der Waals surface area contributed by atoms with Crippen LogP contribution in [0.25, 0.3) is 0 Å². The van der Waals surface area contributed by atoms with Crippen molar-refractivity contribution in [3.05, 3.63) is 24.3 Å². The van der Waals surface area contributed by atoms with Crippen molar-refractivity contribution in [3.63, 3.8) is 0 Å². The molecule has 1 rings (SSSR count). The summed E-state index contributed by atoms with van der Waals surface area (Å²) in [5, 5.41) is 3.17. The molecule has 5 heteroatoms. The highest BCUT2D eigenvalue weighted by atomic mass is 32.2. The summed E-state index contributed by atoms with van der Waals surface area (Å²) < 4.78 is 27.6. The predicted molar refractivity (Wildman–Crippen MR) is 84.5 cm³/mol. The van der Waals surface area contributed by atoms with Gasteiger partial charge in [0.2, 0.25) is 10.0 Å². The van der Waals surface area contributed by atoms with Gasteiger partial charge in [0.1, 0.15) is 4.90 Å². The van der Waals surface area contributed by atoms with Gasteiger partial charge in [-0.1, -0.05) is 38.8 Å². The Labute approximate surface area is 123 Å². The summed E-state index contributed by atoms with van der Waals surface area (Å²) in [4.78, 5) is 0.330. The average molecular weight is 298 g/mol. The van der Waals surface area contributed by atoms with Gasteiger partial charge in [-0.15, -0.1) is 0 Å². The second kappa shape index (κ2) is 8.27. The summed E-state index contributed by atoms with van der Waals surface area (Å²) in [6.07, 6.45) is 3.91. The lowest BCUT2D eigenvalue weighted by molar-refractivity contribution is 0.534. The summed E-state index contributed by atoms with van der Waals surface area (Å²) >= 11 is 0. The van der Waals surface area contributed by atoms with E-state index < -0.39 is 10.0 Å². The molecule has 1 aromatic rings. The summed E-state index contributed by atoms with van der Waals surface area (Å²) in [5.41, 5.74) is 0.671. The lowest BCUT2D eigenvalue weighted by Crippen LogP contribution is -2.33. The Morgan fingerprint density at radius 1 is 1.15 bits per heavy atom. The van der Waals surface area contributed by atoms with E-state index >= 15 is 0 Å². The molecular formula is C15H26N2O2S. The summed E-state index contributed by atoms with van der Waals surface area (Å²) in [7, 11) is -3.46. The van der Waals surface area contributed by atoms with Crippen LogP contribution in [0.2, 0.25) is 0 Å². The average Bonchev–Trinajstić information content (AvgIpc) is 2.42. The first-order valence-electron chi connectivity index (χ1n) is 7.36. The van der Waals surface area contributed by atoms with Gasteiger partial charge in [0, 0.05) is 12.6 Å². The van der Waals surface area contributed by atoms with Crippen LogP contribution in [0.5, 0.6) is 0 Å². The van der Waals surface area contributed by atoms with E-state index in [0.717, 1.165) is 32.2 Å². The van der Waals surface area contributed by atoms with Crippen LogP contribution in [0.15, 0.2) is 29.2 Å². The van der Waals surface area contributed by atoms with E-state index in [0.29, 0.717) is 10.6 Å². The lowest BCUT2D eigenvalue weighted by Gasteiger charge is -2.16. The fourth-order valence-corrected chi connectivity index (χ4v) is 3.47. The van der Waals surface area contributed by atoms with Gasteiger partial charge in [-0.3, -0.25) is 0 Å². The molecule has 0 radical (unpaired) electrons. The molecule has 0 aromatic heterocycles. The molecule has 0 fully saturated rings. The van der Waals surface area contributed by atoms with Crippen LogP contribution in [0.4, 0.5) is 5.69 Å². The Morgan fingerprint density at radius 3 is 2.50 bits per heavy atom. The number of sulfonamides is 1. The van der Waals surface area contributed by atoms with Crippen LogP contribution in [-0.4, -0.2) is 21.0 Å². The van der Waals surface area contributed by atoms with Gasteiger partial charge in [0.15, 0.2) is 0 Å². The van der Waals surface area contributed by atoms with Gasteiger partial charge >= 0.3 is 0 Å². The number of hydrogen-bond acceptors (Lipinski definition) is 3. The first kappa shape index (κ1) is 17.0. The first-order valence-corrected chi connectivity index (χ1v) is 8.84. The molecule has 20 heavy (non-hydrogen) atoms. The topological polar surface area (TPSA) is 58.2 Å². The third-order valence-corrected chi connectivity index (χ3v) is 4.74. The van der Waals surface area contributed by atoms with Gasteiger partial charge in [-0.05, 0) is 31.9 Å². The van der Waals surface area contributed by atoms with Crippen LogP contribution in [0, 0.1) is 0 Å². The number of para-hydroxylation sites is 1. The highest BCUT2D eigenvalue weighted by molar-refractivity contribution is 7.89. The zero-order valence-electron chi connectivity index (χ0n) is 12.6. The van der Waals surface area contributed by atoms with E-state index in [1.807, 2.05) is 13.0 Å². The SMILES string of the molecule is CCCCC(C)NS(=O)(=O)c1ccccc1NCCC. The minimum absolute atomic E-state index is 0.0424. The summed E-state index contributed by atoms with van der Waals surface area (Å²) in [6.45, 7) is 6.83. The molecule has 0 saturated carbocycles. The number of benzene rings is 1. The van der Waals surface area contributed by atoms with Crippen molar-refractivity contribution in [1.29, 1.82) is 0 Å². The minimum Gasteiger partial charge on any atom is -0.384 e. The molecule has 0 aliphatic rings. The van der Waals surface area contributed by atoms with E-state index in [-0.39, 0.29) is 6.04 Å². The number of rotatable bonds is 9. The quantitative estimate of drug-likeness (QED) is 0.735. The Hall–Kier alpha value is -1.07. The number of hydrogen-bond donors (Lipinski definition) is 2.